The summed E-state index contributed by atoms with van der Waals surface area (Å²) in [5.74, 6) is 0.642. The number of hydrogen-bond donors (Lipinski definition) is 0. The maximum Gasteiger partial charge on any atom is 0.238 e. The van der Waals surface area contributed by atoms with Crippen molar-refractivity contribution >= 4 is 5.57 Å². The lowest BCUT2D eigenvalue weighted by Crippen LogP contribution is -1.92. The van der Waals surface area contributed by atoms with Crippen LogP contribution >= 0.6 is 0 Å². The van der Waals surface area contributed by atoms with Crippen molar-refractivity contribution in [3.05, 3.63) is 46.1 Å². The number of ether oxygens (including phenoxy) is 1. The summed E-state index contributed by atoms with van der Waals surface area (Å²) in [7, 11) is 1.54. The molecule has 0 radical (unpaired) electrons. The lowest BCUT2D eigenvalue weighted by Gasteiger charge is -2.05. The molecule has 0 saturated carbocycles. The van der Waals surface area contributed by atoms with Crippen molar-refractivity contribution in [1.82, 2.24) is 0 Å². The van der Waals surface area contributed by atoms with E-state index in [0.717, 1.165) is 11.8 Å². The van der Waals surface area contributed by atoms with Gasteiger partial charge in [-0.2, -0.15) is 0 Å². The summed E-state index contributed by atoms with van der Waals surface area (Å²) in [6.07, 6.45) is 0.970. The Balaban J connectivity index is 3.11. The van der Waals surface area contributed by atoms with Crippen LogP contribution in [0.5, 0.6) is 5.75 Å². The third-order valence-corrected chi connectivity index (χ3v) is 1.83. The topological polar surface area (TPSA) is 52.4 Å². The number of hydrogen-bond acceptors (Lipinski definition) is 3. The number of methoxy groups -OCH3 is 1. The van der Waals surface area contributed by atoms with Crippen LogP contribution in [0.3, 0.4) is 0 Å². The van der Waals surface area contributed by atoms with Gasteiger partial charge in [-0.1, -0.05) is 18.2 Å². The van der Waals surface area contributed by atoms with Crippen LogP contribution in [0.2, 0.25) is 0 Å². The van der Waals surface area contributed by atoms with Gasteiger partial charge in [0.15, 0.2) is 0 Å². The molecule has 0 spiro atoms. The molecule has 4 nitrogen and oxygen atoms in total. The van der Waals surface area contributed by atoms with Gasteiger partial charge in [0.05, 0.1) is 12.0 Å². The Morgan fingerprint density at radius 1 is 1.50 bits per heavy atom. The molecule has 1 rings (SSSR count). The molecule has 0 fully saturated rings. The molecule has 0 N–H and O–H groups in total. The molecule has 0 aromatic heterocycles. The van der Waals surface area contributed by atoms with Crippen molar-refractivity contribution in [2.24, 2.45) is 0 Å². The van der Waals surface area contributed by atoms with Gasteiger partial charge in [-0.05, 0) is 13.0 Å². The zero-order chi connectivity index (χ0) is 10.6. The van der Waals surface area contributed by atoms with Gasteiger partial charge in [0.1, 0.15) is 5.75 Å². The van der Waals surface area contributed by atoms with E-state index in [4.69, 9.17) is 4.74 Å². The predicted octanol–water partition coefficient (Wildman–Crippen LogP) is 2.33. The lowest BCUT2D eigenvalue weighted by atomic mass is 10.1. The van der Waals surface area contributed by atoms with E-state index in [9.17, 15) is 10.1 Å². The number of nitro groups is 1. The summed E-state index contributed by atoms with van der Waals surface area (Å²) in [4.78, 5) is 9.80. The van der Waals surface area contributed by atoms with Crippen LogP contribution in [-0.4, -0.2) is 12.0 Å². The van der Waals surface area contributed by atoms with E-state index < -0.39 is 4.92 Å². The summed E-state index contributed by atoms with van der Waals surface area (Å²) in [6.45, 7) is 1.68. The van der Waals surface area contributed by atoms with Crippen molar-refractivity contribution in [2.45, 2.75) is 6.92 Å². The summed E-state index contributed by atoms with van der Waals surface area (Å²) in [5, 5.41) is 10.3. The molecule has 0 aliphatic heterocycles. The minimum Gasteiger partial charge on any atom is -0.496 e. The summed E-state index contributed by atoms with van der Waals surface area (Å²) >= 11 is 0. The maximum atomic E-state index is 10.3. The molecule has 0 aliphatic rings. The number of rotatable bonds is 3. The van der Waals surface area contributed by atoms with E-state index in [2.05, 4.69) is 0 Å². The van der Waals surface area contributed by atoms with E-state index in [-0.39, 0.29) is 0 Å². The molecule has 14 heavy (non-hydrogen) atoms. The minimum atomic E-state index is -0.470. The molecule has 1 aromatic carbocycles. The van der Waals surface area contributed by atoms with Gasteiger partial charge in [0, 0.05) is 11.1 Å². The normalized spacial score (nSPS) is 11.1. The zero-order valence-corrected chi connectivity index (χ0v) is 8.06. The first-order chi connectivity index (χ1) is 6.65. The summed E-state index contributed by atoms with van der Waals surface area (Å²) in [6, 6.07) is 7.19. The summed E-state index contributed by atoms with van der Waals surface area (Å²) < 4.78 is 5.08. The molecule has 0 bridgehead atoms. The molecule has 0 saturated heterocycles. The van der Waals surface area contributed by atoms with Crippen molar-refractivity contribution < 1.29 is 9.66 Å². The largest absolute Gasteiger partial charge is 0.496 e. The highest BCUT2D eigenvalue weighted by molar-refractivity contribution is 5.67. The Morgan fingerprint density at radius 3 is 2.71 bits per heavy atom. The van der Waals surface area contributed by atoms with Gasteiger partial charge in [-0.3, -0.25) is 10.1 Å². The predicted molar refractivity (Wildman–Crippen MR) is 53.6 cm³/mol. The van der Waals surface area contributed by atoms with E-state index >= 15 is 0 Å². The van der Waals surface area contributed by atoms with E-state index in [1.165, 1.54) is 7.11 Å². The SMILES string of the molecule is COc1ccccc1/C(C)=C/[N+](=O)[O-]. The van der Waals surface area contributed by atoms with Gasteiger partial charge in [0.2, 0.25) is 6.20 Å². The van der Waals surface area contributed by atoms with Crippen molar-refractivity contribution in [2.75, 3.05) is 7.11 Å². The highest BCUT2D eigenvalue weighted by Crippen LogP contribution is 2.24. The fourth-order valence-corrected chi connectivity index (χ4v) is 1.20. The highest BCUT2D eigenvalue weighted by atomic mass is 16.6. The molecule has 0 amide bonds. The maximum absolute atomic E-state index is 10.3. The number of benzene rings is 1. The fraction of sp³-hybridized carbons (Fsp3) is 0.200. The van der Waals surface area contributed by atoms with E-state index in [0.29, 0.717) is 11.3 Å². The summed E-state index contributed by atoms with van der Waals surface area (Å²) in [5.41, 5.74) is 1.32. The van der Waals surface area contributed by atoms with Gasteiger partial charge in [-0.25, -0.2) is 0 Å². The van der Waals surface area contributed by atoms with Crippen LogP contribution in [0.15, 0.2) is 30.5 Å². The molecular formula is C10H11NO3. The van der Waals surface area contributed by atoms with Crippen LogP contribution in [0.1, 0.15) is 12.5 Å². The van der Waals surface area contributed by atoms with Gasteiger partial charge < -0.3 is 4.74 Å². The fourth-order valence-electron chi connectivity index (χ4n) is 1.20. The van der Waals surface area contributed by atoms with E-state index in [1.807, 2.05) is 12.1 Å². The molecule has 1 aromatic rings. The Bertz CT molecular complexity index is 371. The number of allylic oxidation sites excluding steroid dienone is 1. The second-order valence-electron chi connectivity index (χ2n) is 2.80. The molecule has 0 aliphatic carbocycles. The molecule has 4 heteroatoms. The van der Waals surface area contributed by atoms with Gasteiger partial charge in [0.25, 0.3) is 0 Å². The second kappa shape index (κ2) is 4.41. The van der Waals surface area contributed by atoms with Crippen LogP contribution in [0.25, 0.3) is 5.57 Å². The Hall–Kier alpha value is -1.84. The first-order valence-electron chi connectivity index (χ1n) is 4.10. The van der Waals surface area contributed by atoms with Crippen LogP contribution in [-0.2, 0) is 0 Å². The molecule has 74 valence electrons. The first kappa shape index (κ1) is 10.2. The van der Waals surface area contributed by atoms with Crippen molar-refractivity contribution in [3.8, 4) is 5.75 Å². The molecule has 0 atom stereocenters. The lowest BCUT2D eigenvalue weighted by molar-refractivity contribution is -0.401. The van der Waals surface area contributed by atoms with Gasteiger partial charge in [-0.15, -0.1) is 0 Å². The first-order valence-corrected chi connectivity index (χ1v) is 4.10. The van der Waals surface area contributed by atoms with Crippen LogP contribution in [0, 0.1) is 10.1 Å². The Morgan fingerprint density at radius 2 is 2.14 bits per heavy atom. The minimum absolute atomic E-state index is 0.470. The third-order valence-electron chi connectivity index (χ3n) is 1.83. The average Bonchev–Trinajstić information content (AvgIpc) is 2.16. The Labute approximate surface area is 82.0 Å². The second-order valence-corrected chi connectivity index (χ2v) is 2.80. The van der Waals surface area contributed by atoms with E-state index in [1.54, 1.807) is 19.1 Å². The third kappa shape index (κ3) is 2.32. The quantitative estimate of drug-likeness (QED) is 0.546. The average molecular weight is 193 g/mol. The highest BCUT2D eigenvalue weighted by Gasteiger charge is 2.06. The van der Waals surface area contributed by atoms with Gasteiger partial charge >= 0.3 is 0 Å². The van der Waals surface area contributed by atoms with Crippen LogP contribution in [0.4, 0.5) is 0 Å². The molecular weight excluding hydrogens is 182 g/mol. The van der Waals surface area contributed by atoms with Crippen molar-refractivity contribution in [1.29, 1.82) is 0 Å². The number of nitrogens with zero attached hydrogens (tertiary/aromatic N) is 1. The zero-order valence-electron chi connectivity index (χ0n) is 8.06. The Kier molecular flexibility index (Phi) is 3.23. The standard InChI is InChI=1S/C10H11NO3/c1-8(7-11(12)13)9-5-3-4-6-10(9)14-2/h3-7H,1-2H3/b8-7+. The smallest absolute Gasteiger partial charge is 0.238 e. The van der Waals surface area contributed by atoms with Crippen LogP contribution < -0.4 is 4.74 Å². The molecule has 0 heterocycles. The monoisotopic (exact) mass is 193 g/mol. The number of para-hydroxylation sites is 1. The molecule has 0 unspecified atom stereocenters. The van der Waals surface area contributed by atoms with Crippen molar-refractivity contribution in [3.63, 3.8) is 0 Å².